The normalized spacial score (nSPS) is 12.4. The fourth-order valence-corrected chi connectivity index (χ4v) is 1.88. The molecular weight excluding hydrogens is 248 g/mol. The molecule has 19 heavy (non-hydrogen) atoms. The molecule has 1 atom stereocenters. The molecule has 0 spiro atoms. The minimum Gasteiger partial charge on any atom is -0.508 e. The number of halogens is 2. The van der Waals surface area contributed by atoms with Crippen molar-refractivity contribution in [1.82, 2.24) is 5.32 Å². The van der Waals surface area contributed by atoms with Crippen LogP contribution in [-0.2, 0) is 6.54 Å². The van der Waals surface area contributed by atoms with E-state index in [1.165, 1.54) is 12.1 Å². The molecule has 0 radical (unpaired) electrons. The number of hydrogen-bond donors (Lipinski definition) is 2. The van der Waals surface area contributed by atoms with Crippen molar-refractivity contribution in [3.8, 4) is 5.75 Å². The molecule has 2 N–H and O–H groups in total. The molecule has 0 saturated heterocycles. The first-order valence-electron chi connectivity index (χ1n) is 6.03. The van der Waals surface area contributed by atoms with Gasteiger partial charge in [0.05, 0.1) is 0 Å². The number of hydrogen-bond acceptors (Lipinski definition) is 2. The van der Waals surface area contributed by atoms with E-state index in [2.05, 4.69) is 5.32 Å². The van der Waals surface area contributed by atoms with Gasteiger partial charge in [-0.15, -0.1) is 0 Å². The van der Waals surface area contributed by atoms with Crippen molar-refractivity contribution in [1.29, 1.82) is 0 Å². The van der Waals surface area contributed by atoms with Crippen LogP contribution in [0.3, 0.4) is 0 Å². The summed E-state index contributed by atoms with van der Waals surface area (Å²) in [5.74, 6) is -1.49. The second-order valence-electron chi connectivity index (χ2n) is 4.41. The van der Waals surface area contributed by atoms with Crippen LogP contribution in [0.1, 0.15) is 24.1 Å². The predicted octanol–water partition coefficient (Wildman–Crippen LogP) is 3.52. The lowest BCUT2D eigenvalue weighted by Crippen LogP contribution is -2.18. The maximum atomic E-state index is 13.0. The SMILES string of the molecule is CC(NCc1ccc(F)c(F)c1)c1ccccc1O. The second kappa shape index (κ2) is 5.80. The zero-order valence-electron chi connectivity index (χ0n) is 10.5. The molecule has 2 aromatic rings. The van der Waals surface area contributed by atoms with Gasteiger partial charge in [0.2, 0.25) is 0 Å². The molecule has 4 heteroatoms. The minimum atomic E-state index is -0.852. The third-order valence-corrected chi connectivity index (χ3v) is 3.00. The fraction of sp³-hybridized carbons (Fsp3) is 0.200. The third kappa shape index (κ3) is 3.29. The average molecular weight is 263 g/mol. The van der Waals surface area contributed by atoms with E-state index in [1.54, 1.807) is 12.1 Å². The molecule has 0 aliphatic rings. The van der Waals surface area contributed by atoms with Gasteiger partial charge in [-0.3, -0.25) is 0 Å². The summed E-state index contributed by atoms with van der Waals surface area (Å²) in [6.07, 6.45) is 0. The Morgan fingerprint density at radius 1 is 1.11 bits per heavy atom. The van der Waals surface area contributed by atoms with Crippen LogP contribution in [-0.4, -0.2) is 5.11 Å². The van der Waals surface area contributed by atoms with Crippen molar-refractivity contribution < 1.29 is 13.9 Å². The van der Waals surface area contributed by atoms with E-state index >= 15 is 0 Å². The van der Waals surface area contributed by atoms with Gasteiger partial charge >= 0.3 is 0 Å². The van der Waals surface area contributed by atoms with Crippen LogP contribution in [0.25, 0.3) is 0 Å². The van der Waals surface area contributed by atoms with Crippen LogP contribution in [0, 0.1) is 11.6 Å². The summed E-state index contributed by atoms with van der Waals surface area (Å²) in [6.45, 7) is 2.29. The lowest BCUT2D eigenvalue weighted by molar-refractivity contribution is 0.452. The van der Waals surface area contributed by atoms with Crippen molar-refractivity contribution in [3.63, 3.8) is 0 Å². The van der Waals surface area contributed by atoms with E-state index < -0.39 is 11.6 Å². The number of phenolic OH excluding ortho intramolecular Hbond substituents is 1. The Hall–Kier alpha value is -1.94. The monoisotopic (exact) mass is 263 g/mol. The molecule has 0 fully saturated rings. The highest BCUT2D eigenvalue weighted by atomic mass is 19.2. The first kappa shape index (κ1) is 13.5. The molecule has 0 aromatic heterocycles. The highest BCUT2D eigenvalue weighted by molar-refractivity contribution is 5.34. The van der Waals surface area contributed by atoms with Crippen LogP contribution >= 0.6 is 0 Å². The summed E-state index contributed by atoms with van der Waals surface area (Å²) in [6, 6.07) is 10.7. The van der Waals surface area contributed by atoms with Gasteiger partial charge in [0.15, 0.2) is 11.6 Å². The molecule has 0 aliphatic heterocycles. The number of benzene rings is 2. The van der Waals surface area contributed by atoms with Gasteiger partial charge in [-0.25, -0.2) is 8.78 Å². The van der Waals surface area contributed by atoms with Crippen molar-refractivity contribution in [2.24, 2.45) is 0 Å². The maximum Gasteiger partial charge on any atom is 0.159 e. The number of para-hydroxylation sites is 1. The molecule has 0 saturated carbocycles. The minimum absolute atomic E-state index is 0.0886. The number of aromatic hydroxyl groups is 1. The summed E-state index contributed by atoms with van der Waals surface area (Å²) in [5, 5.41) is 12.9. The van der Waals surface area contributed by atoms with Gasteiger partial charge < -0.3 is 10.4 Å². The summed E-state index contributed by atoms with van der Waals surface area (Å²) in [7, 11) is 0. The number of phenols is 1. The van der Waals surface area contributed by atoms with Crippen molar-refractivity contribution >= 4 is 0 Å². The zero-order valence-corrected chi connectivity index (χ0v) is 10.5. The third-order valence-electron chi connectivity index (χ3n) is 3.00. The highest BCUT2D eigenvalue weighted by Gasteiger charge is 2.09. The maximum absolute atomic E-state index is 13.0. The van der Waals surface area contributed by atoms with Gasteiger partial charge in [-0.05, 0) is 30.7 Å². The fourth-order valence-electron chi connectivity index (χ4n) is 1.88. The molecule has 0 heterocycles. The first-order valence-corrected chi connectivity index (χ1v) is 6.03. The number of rotatable bonds is 4. The highest BCUT2D eigenvalue weighted by Crippen LogP contribution is 2.23. The zero-order chi connectivity index (χ0) is 13.8. The van der Waals surface area contributed by atoms with Crippen LogP contribution in [0.2, 0.25) is 0 Å². The van der Waals surface area contributed by atoms with Crippen molar-refractivity contribution in [2.75, 3.05) is 0 Å². The van der Waals surface area contributed by atoms with Gasteiger partial charge in [0.1, 0.15) is 5.75 Å². The van der Waals surface area contributed by atoms with E-state index in [-0.39, 0.29) is 11.8 Å². The summed E-state index contributed by atoms with van der Waals surface area (Å²) < 4.78 is 25.8. The first-order chi connectivity index (χ1) is 9.08. The van der Waals surface area contributed by atoms with Crippen molar-refractivity contribution in [3.05, 3.63) is 65.2 Å². The van der Waals surface area contributed by atoms with Crippen molar-refractivity contribution in [2.45, 2.75) is 19.5 Å². The Bertz CT molecular complexity index is 572. The second-order valence-corrected chi connectivity index (χ2v) is 4.41. The Labute approximate surface area is 110 Å². The number of nitrogens with one attached hydrogen (secondary N) is 1. The van der Waals surface area contributed by atoms with Crippen LogP contribution in [0.15, 0.2) is 42.5 Å². The van der Waals surface area contributed by atoms with E-state index in [0.717, 1.165) is 11.6 Å². The van der Waals surface area contributed by atoms with E-state index in [1.807, 2.05) is 19.1 Å². The summed E-state index contributed by atoms with van der Waals surface area (Å²) in [4.78, 5) is 0. The van der Waals surface area contributed by atoms with Crippen LogP contribution in [0.5, 0.6) is 5.75 Å². The summed E-state index contributed by atoms with van der Waals surface area (Å²) >= 11 is 0. The molecule has 0 aliphatic carbocycles. The quantitative estimate of drug-likeness (QED) is 0.884. The van der Waals surface area contributed by atoms with Gasteiger partial charge in [0, 0.05) is 18.2 Å². The molecule has 0 bridgehead atoms. The molecule has 2 aromatic carbocycles. The molecule has 1 unspecified atom stereocenters. The van der Waals surface area contributed by atoms with Crippen LogP contribution < -0.4 is 5.32 Å². The Balaban J connectivity index is 2.02. The Kier molecular flexibility index (Phi) is 4.12. The van der Waals surface area contributed by atoms with Crippen LogP contribution in [0.4, 0.5) is 8.78 Å². The summed E-state index contributed by atoms with van der Waals surface area (Å²) in [5.41, 5.74) is 1.42. The molecule has 2 rings (SSSR count). The molecule has 2 nitrogen and oxygen atoms in total. The lowest BCUT2D eigenvalue weighted by Gasteiger charge is -2.15. The predicted molar refractivity (Wildman–Crippen MR) is 69.7 cm³/mol. The molecule has 100 valence electrons. The molecule has 0 amide bonds. The average Bonchev–Trinajstić information content (AvgIpc) is 2.40. The van der Waals surface area contributed by atoms with E-state index in [4.69, 9.17) is 0 Å². The van der Waals surface area contributed by atoms with E-state index in [0.29, 0.717) is 12.1 Å². The largest absolute Gasteiger partial charge is 0.508 e. The van der Waals surface area contributed by atoms with Gasteiger partial charge in [0.25, 0.3) is 0 Å². The van der Waals surface area contributed by atoms with E-state index in [9.17, 15) is 13.9 Å². The Morgan fingerprint density at radius 3 is 2.53 bits per heavy atom. The smallest absolute Gasteiger partial charge is 0.159 e. The van der Waals surface area contributed by atoms with Gasteiger partial charge in [-0.2, -0.15) is 0 Å². The topological polar surface area (TPSA) is 32.3 Å². The Morgan fingerprint density at radius 2 is 1.84 bits per heavy atom. The lowest BCUT2D eigenvalue weighted by atomic mass is 10.1. The van der Waals surface area contributed by atoms with Gasteiger partial charge in [-0.1, -0.05) is 24.3 Å². The molecular formula is C15H15F2NO. The standard InChI is InChI=1S/C15H15F2NO/c1-10(12-4-2-3-5-15(12)19)18-9-11-6-7-13(16)14(17)8-11/h2-8,10,18-19H,9H2,1H3.